The number of carbonyl (C=O) groups is 1. The summed E-state index contributed by atoms with van der Waals surface area (Å²) >= 11 is 0. The third-order valence-electron chi connectivity index (χ3n) is 2.92. The van der Waals surface area contributed by atoms with E-state index < -0.39 is 5.91 Å². The van der Waals surface area contributed by atoms with E-state index >= 15 is 0 Å². The lowest BCUT2D eigenvalue weighted by atomic mass is 9.99. The van der Waals surface area contributed by atoms with Gasteiger partial charge >= 0.3 is 0 Å². The molecule has 0 fully saturated rings. The zero-order valence-electron chi connectivity index (χ0n) is 11.8. The molecule has 1 aliphatic heterocycles. The molecule has 0 spiro atoms. The van der Waals surface area contributed by atoms with Crippen molar-refractivity contribution in [3.8, 4) is 6.07 Å². The van der Waals surface area contributed by atoms with Gasteiger partial charge in [-0.1, -0.05) is 52.3 Å². The van der Waals surface area contributed by atoms with Gasteiger partial charge in [-0.25, -0.2) is 4.99 Å². The average molecular weight is 264 g/mol. The Morgan fingerprint density at radius 3 is 2.40 bits per heavy atom. The van der Waals surface area contributed by atoms with Crippen molar-refractivity contribution in [1.82, 2.24) is 0 Å². The molecular weight excluding hydrogens is 248 g/mol. The van der Waals surface area contributed by atoms with Crippen LogP contribution in [0.3, 0.4) is 0 Å². The van der Waals surface area contributed by atoms with E-state index in [1.54, 1.807) is 12.2 Å². The molecule has 0 saturated carbocycles. The number of nitriles is 1. The minimum Gasteiger partial charge on any atom is -0.266 e. The summed E-state index contributed by atoms with van der Waals surface area (Å²) in [4.78, 5) is 15.4. The third-order valence-corrected chi connectivity index (χ3v) is 2.92. The van der Waals surface area contributed by atoms with Crippen molar-refractivity contribution in [2.75, 3.05) is 0 Å². The number of carbonyl (C=O) groups excluding carboxylic acids is 1. The first kappa shape index (κ1) is 15.3. The fourth-order valence-corrected chi connectivity index (χ4v) is 2.10. The van der Waals surface area contributed by atoms with Gasteiger partial charge in [0.15, 0.2) is 0 Å². The number of fused-ring (bicyclic) bond motifs is 1. The quantitative estimate of drug-likeness (QED) is 0.731. The lowest BCUT2D eigenvalue weighted by Gasteiger charge is -2.04. The van der Waals surface area contributed by atoms with E-state index in [9.17, 15) is 4.79 Å². The van der Waals surface area contributed by atoms with Gasteiger partial charge in [-0.15, -0.1) is 0 Å². The summed E-state index contributed by atoms with van der Waals surface area (Å²) in [5, 5.41) is 9.03. The lowest BCUT2D eigenvalue weighted by Crippen LogP contribution is -1.96. The Hall–Kier alpha value is -2.73. The highest BCUT2D eigenvalue weighted by atomic mass is 16.1. The maximum Gasteiger partial charge on any atom is 0.288 e. The maximum atomic E-state index is 11.6. The average Bonchev–Trinajstić information content (AvgIpc) is 2.94. The summed E-state index contributed by atoms with van der Waals surface area (Å²) in [6.07, 6.45) is 3.18. The van der Waals surface area contributed by atoms with Gasteiger partial charge in [0.1, 0.15) is 11.6 Å². The molecule has 2 rings (SSSR count). The van der Waals surface area contributed by atoms with Crippen molar-refractivity contribution in [3.05, 3.63) is 71.9 Å². The number of nitrogens with zero attached hydrogens (tertiary/aromatic N) is 2. The molecule has 1 aliphatic carbocycles. The molecule has 0 atom stereocenters. The van der Waals surface area contributed by atoms with Gasteiger partial charge in [-0.3, -0.25) is 4.79 Å². The minimum atomic E-state index is -0.522. The van der Waals surface area contributed by atoms with Crippen LogP contribution < -0.4 is 0 Å². The number of aliphatic imine (C=N–C) groups is 1. The Balaban J connectivity index is 0.000000956. The van der Waals surface area contributed by atoms with Crippen molar-refractivity contribution in [1.29, 1.82) is 5.26 Å². The van der Waals surface area contributed by atoms with E-state index in [0.717, 1.165) is 5.57 Å². The second kappa shape index (κ2) is 5.94. The van der Waals surface area contributed by atoms with Crippen molar-refractivity contribution in [3.63, 3.8) is 0 Å². The summed E-state index contributed by atoms with van der Waals surface area (Å²) in [6.45, 7) is 19.2. The summed E-state index contributed by atoms with van der Waals surface area (Å²) in [6, 6.07) is 1.88. The van der Waals surface area contributed by atoms with E-state index in [-0.39, 0.29) is 5.57 Å². The number of hydrogen-bond acceptors (Lipinski definition) is 2. The molecule has 0 bridgehead atoms. The molecule has 3 nitrogen and oxygen atoms in total. The Morgan fingerprint density at radius 2 is 1.95 bits per heavy atom. The van der Waals surface area contributed by atoms with E-state index in [2.05, 4.69) is 31.3 Å². The van der Waals surface area contributed by atoms with Gasteiger partial charge in [0.05, 0.1) is 5.71 Å². The Labute approximate surface area is 119 Å². The van der Waals surface area contributed by atoms with Gasteiger partial charge in [-0.2, -0.15) is 5.26 Å². The first-order valence-corrected chi connectivity index (χ1v) is 6.23. The van der Waals surface area contributed by atoms with E-state index in [1.807, 2.05) is 19.9 Å². The first-order chi connectivity index (χ1) is 9.56. The number of hydrogen-bond donors (Lipinski definition) is 0. The van der Waals surface area contributed by atoms with Crippen LogP contribution in [0.4, 0.5) is 0 Å². The highest BCUT2D eigenvalue weighted by Gasteiger charge is 2.37. The molecule has 0 aromatic carbocycles. The monoisotopic (exact) mass is 264 g/mol. The largest absolute Gasteiger partial charge is 0.288 e. The Kier molecular flexibility index (Phi) is 4.55. The predicted octanol–water partition coefficient (Wildman–Crippen LogP) is 3.61. The van der Waals surface area contributed by atoms with E-state index in [1.165, 1.54) is 0 Å². The van der Waals surface area contributed by atoms with Crippen LogP contribution in [0.1, 0.15) is 13.8 Å². The van der Waals surface area contributed by atoms with Crippen molar-refractivity contribution in [2.24, 2.45) is 4.99 Å². The lowest BCUT2D eigenvalue weighted by molar-refractivity contribution is -0.113. The standard InChI is InChI=1S/C15H10N2O.C2H6/c1-5-8(3)12-9(4)14-13(10(12)6-2)11(7-16)15(18)17-14;1-2/h5-6H,1-4H2;1-2H3. The maximum absolute atomic E-state index is 11.6. The fraction of sp³-hybridized carbons (Fsp3) is 0.118. The second-order valence-electron chi connectivity index (χ2n) is 3.83. The Bertz CT molecular complexity index is 676. The SMILES string of the molecule is C=CC(=C)C1=C(C=C)C2=C(C#N)C(=O)N=C2C1=C.CC. The molecule has 1 heterocycles. The van der Waals surface area contributed by atoms with Crippen LogP contribution in [0.2, 0.25) is 0 Å². The van der Waals surface area contributed by atoms with Crippen LogP contribution in [-0.2, 0) is 4.79 Å². The van der Waals surface area contributed by atoms with Crippen molar-refractivity contribution >= 4 is 11.6 Å². The zero-order chi connectivity index (χ0) is 15.4. The Morgan fingerprint density at radius 1 is 1.35 bits per heavy atom. The molecule has 0 radical (unpaired) electrons. The predicted molar refractivity (Wildman–Crippen MR) is 82.1 cm³/mol. The molecular formula is C17H16N2O. The normalized spacial score (nSPS) is 16.1. The smallest absolute Gasteiger partial charge is 0.266 e. The highest BCUT2D eigenvalue weighted by molar-refractivity contribution is 6.33. The second-order valence-corrected chi connectivity index (χ2v) is 3.83. The van der Waals surface area contributed by atoms with Crippen LogP contribution in [-0.4, -0.2) is 11.6 Å². The molecule has 0 aromatic heterocycles. The van der Waals surface area contributed by atoms with Crippen LogP contribution in [0.15, 0.2) is 76.9 Å². The molecule has 2 aliphatic rings. The molecule has 20 heavy (non-hydrogen) atoms. The number of rotatable bonds is 3. The van der Waals surface area contributed by atoms with Crippen molar-refractivity contribution < 1.29 is 4.79 Å². The van der Waals surface area contributed by atoms with Gasteiger partial charge in [-0.05, 0) is 16.7 Å². The summed E-state index contributed by atoms with van der Waals surface area (Å²) in [5.74, 6) is -0.522. The van der Waals surface area contributed by atoms with Crippen molar-refractivity contribution in [2.45, 2.75) is 13.8 Å². The van der Waals surface area contributed by atoms with Crippen LogP contribution in [0.5, 0.6) is 0 Å². The summed E-state index contributed by atoms with van der Waals surface area (Å²) in [5.41, 5.74) is 3.67. The van der Waals surface area contributed by atoms with Crippen LogP contribution >= 0.6 is 0 Å². The van der Waals surface area contributed by atoms with Gasteiger partial charge in [0, 0.05) is 11.1 Å². The molecule has 100 valence electrons. The molecule has 0 unspecified atom stereocenters. The zero-order valence-corrected chi connectivity index (χ0v) is 11.8. The molecule has 3 heteroatoms. The number of amides is 1. The van der Waals surface area contributed by atoms with Crippen LogP contribution in [0.25, 0.3) is 0 Å². The fourth-order valence-electron chi connectivity index (χ4n) is 2.10. The molecule has 0 aromatic rings. The van der Waals surface area contributed by atoms with E-state index in [0.29, 0.717) is 28.0 Å². The highest BCUT2D eigenvalue weighted by Crippen LogP contribution is 2.41. The molecule has 0 N–H and O–H groups in total. The van der Waals surface area contributed by atoms with E-state index in [4.69, 9.17) is 5.26 Å². The molecule has 0 saturated heterocycles. The van der Waals surface area contributed by atoms with Gasteiger partial charge < -0.3 is 0 Å². The summed E-state index contributed by atoms with van der Waals surface area (Å²) in [7, 11) is 0. The van der Waals surface area contributed by atoms with Gasteiger partial charge in [0.25, 0.3) is 5.91 Å². The number of allylic oxidation sites excluding steroid dienone is 7. The molecule has 1 amide bonds. The minimum absolute atomic E-state index is 0.0351. The van der Waals surface area contributed by atoms with Crippen LogP contribution in [0, 0.1) is 11.3 Å². The van der Waals surface area contributed by atoms with Gasteiger partial charge in [0.2, 0.25) is 0 Å². The summed E-state index contributed by atoms with van der Waals surface area (Å²) < 4.78 is 0. The first-order valence-electron chi connectivity index (χ1n) is 6.23. The third kappa shape index (κ3) is 2.02. The topological polar surface area (TPSA) is 53.2 Å².